The maximum Gasteiger partial charge on any atom is 0.130 e. The maximum atomic E-state index is 13.7. The van der Waals surface area contributed by atoms with Gasteiger partial charge in [-0.15, -0.1) is 0 Å². The third-order valence-corrected chi connectivity index (χ3v) is 3.21. The molecule has 0 spiro atoms. The van der Waals surface area contributed by atoms with Crippen LogP contribution in [0.4, 0.5) is 4.39 Å². The van der Waals surface area contributed by atoms with Crippen molar-refractivity contribution in [1.29, 1.82) is 0 Å². The first-order valence-corrected chi connectivity index (χ1v) is 6.23. The predicted molar refractivity (Wildman–Crippen MR) is 64.8 cm³/mol. The Morgan fingerprint density at radius 2 is 2.25 bits per heavy atom. The van der Waals surface area contributed by atoms with Gasteiger partial charge in [-0.3, -0.25) is 0 Å². The van der Waals surface area contributed by atoms with Gasteiger partial charge in [-0.2, -0.15) is 0 Å². The van der Waals surface area contributed by atoms with Crippen LogP contribution in [0.3, 0.4) is 0 Å². The van der Waals surface area contributed by atoms with Crippen LogP contribution in [-0.4, -0.2) is 19.7 Å². The smallest absolute Gasteiger partial charge is 0.130 e. The zero-order valence-electron chi connectivity index (χ0n) is 9.17. The van der Waals surface area contributed by atoms with Gasteiger partial charge in [0.2, 0.25) is 0 Å². The number of hydrogen-bond acceptors (Lipinski definition) is 2. The Labute approximate surface area is 103 Å². The fourth-order valence-corrected chi connectivity index (χ4v) is 2.15. The van der Waals surface area contributed by atoms with Crippen molar-refractivity contribution in [2.24, 2.45) is 5.92 Å². The maximum absolute atomic E-state index is 13.7. The van der Waals surface area contributed by atoms with Crippen molar-refractivity contribution >= 4 is 15.9 Å². The first-order chi connectivity index (χ1) is 7.66. The molecule has 0 saturated carbocycles. The van der Waals surface area contributed by atoms with Crippen molar-refractivity contribution in [3.8, 4) is 0 Å². The van der Waals surface area contributed by atoms with Gasteiger partial charge in [-0.1, -0.05) is 28.9 Å². The van der Waals surface area contributed by atoms with Crippen LogP contribution in [0, 0.1) is 11.7 Å². The first kappa shape index (κ1) is 12.0. The van der Waals surface area contributed by atoms with Crippen molar-refractivity contribution < 1.29 is 9.13 Å². The molecule has 1 aliphatic heterocycles. The molecule has 1 saturated heterocycles. The Morgan fingerprint density at radius 1 is 1.44 bits per heavy atom. The molecule has 2 rings (SSSR count). The average molecular weight is 288 g/mol. The van der Waals surface area contributed by atoms with Gasteiger partial charge in [0.25, 0.3) is 0 Å². The average Bonchev–Trinajstić information content (AvgIpc) is 2.43. The normalized spacial score (nSPS) is 26.4. The fraction of sp³-hybridized carbons (Fsp3) is 0.500. The molecule has 2 nitrogen and oxygen atoms in total. The van der Waals surface area contributed by atoms with Gasteiger partial charge in [-0.05, 0) is 18.1 Å². The van der Waals surface area contributed by atoms with E-state index in [0.29, 0.717) is 24.6 Å². The molecule has 0 aromatic heterocycles. The van der Waals surface area contributed by atoms with E-state index in [2.05, 4.69) is 28.2 Å². The van der Waals surface area contributed by atoms with Crippen LogP contribution in [0.15, 0.2) is 22.7 Å². The lowest BCUT2D eigenvalue weighted by Gasteiger charge is -2.16. The van der Waals surface area contributed by atoms with Gasteiger partial charge in [0.15, 0.2) is 0 Å². The second-order valence-corrected chi connectivity index (χ2v) is 5.17. The highest BCUT2D eigenvalue weighted by Gasteiger charge is 2.20. The summed E-state index contributed by atoms with van der Waals surface area (Å²) in [5.41, 5.74) is 0.629. The molecule has 1 heterocycles. The van der Waals surface area contributed by atoms with E-state index in [0.717, 1.165) is 11.0 Å². The summed E-state index contributed by atoms with van der Waals surface area (Å²) in [7, 11) is 0. The first-order valence-electron chi connectivity index (χ1n) is 5.44. The molecule has 4 heteroatoms. The summed E-state index contributed by atoms with van der Waals surface area (Å²) in [6.45, 7) is 4.39. The molecule has 88 valence electrons. The lowest BCUT2D eigenvalue weighted by molar-refractivity contribution is 0.0492. The number of nitrogens with one attached hydrogen (secondary N) is 1. The molecule has 0 bridgehead atoms. The van der Waals surface area contributed by atoms with Crippen LogP contribution in [-0.2, 0) is 4.74 Å². The third kappa shape index (κ3) is 2.81. The largest absolute Gasteiger partial charge is 0.372 e. The summed E-state index contributed by atoms with van der Waals surface area (Å²) in [4.78, 5) is 0. The molecule has 2 unspecified atom stereocenters. The minimum Gasteiger partial charge on any atom is -0.372 e. The number of halogens is 2. The van der Waals surface area contributed by atoms with E-state index in [4.69, 9.17) is 4.74 Å². The highest BCUT2D eigenvalue weighted by atomic mass is 79.9. The third-order valence-electron chi connectivity index (χ3n) is 2.71. The lowest BCUT2D eigenvalue weighted by Crippen LogP contribution is -2.22. The van der Waals surface area contributed by atoms with E-state index < -0.39 is 0 Å². The summed E-state index contributed by atoms with van der Waals surface area (Å²) < 4.78 is 20.2. The van der Waals surface area contributed by atoms with Gasteiger partial charge in [0.1, 0.15) is 5.82 Å². The Balaban J connectivity index is 2.16. The van der Waals surface area contributed by atoms with Crippen LogP contribution in [0.25, 0.3) is 0 Å². The SMILES string of the molecule is CC1CNCC(c2ccc(Br)cc2F)OC1. The van der Waals surface area contributed by atoms with Gasteiger partial charge in [0.05, 0.1) is 12.7 Å². The molecule has 16 heavy (non-hydrogen) atoms. The summed E-state index contributed by atoms with van der Waals surface area (Å²) in [5.74, 6) is 0.263. The molecular formula is C12H15BrFNO. The van der Waals surface area contributed by atoms with Gasteiger partial charge in [-0.25, -0.2) is 4.39 Å². The van der Waals surface area contributed by atoms with Crippen LogP contribution >= 0.6 is 15.9 Å². The molecule has 1 aromatic rings. The number of benzene rings is 1. The van der Waals surface area contributed by atoms with Crippen molar-refractivity contribution in [2.45, 2.75) is 13.0 Å². The predicted octanol–water partition coefficient (Wildman–Crippen LogP) is 2.89. The second kappa shape index (κ2) is 5.25. The highest BCUT2D eigenvalue weighted by Crippen LogP contribution is 2.25. The van der Waals surface area contributed by atoms with E-state index in [1.807, 2.05) is 6.07 Å². The molecule has 1 aromatic carbocycles. The van der Waals surface area contributed by atoms with Crippen molar-refractivity contribution in [1.82, 2.24) is 5.32 Å². The topological polar surface area (TPSA) is 21.3 Å². The van der Waals surface area contributed by atoms with E-state index in [9.17, 15) is 4.39 Å². The molecule has 0 aliphatic carbocycles. The molecular weight excluding hydrogens is 273 g/mol. The fourth-order valence-electron chi connectivity index (χ4n) is 1.82. The Bertz CT molecular complexity index is 372. The summed E-state index contributed by atoms with van der Waals surface area (Å²) in [6, 6.07) is 5.10. The Kier molecular flexibility index (Phi) is 3.95. The zero-order chi connectivity index (χ0) is 11.5. The van der Waals surface area contributed by atoms with Crippen LogP contribution in [0.1, 0.15) is 18.6 Å². The Morgan fingerprint density at radius 3 is 3.00 bits per heavy atom. The molecule has 1 aliphatic rings. The number of rotatable bonds is 1. The quantitative estimate of drug-likeness (QED) is 0.858. The van der Waals surface area contributed by atoms with Crippen LogP contribution < -0.4 is 5.32 Å². The second-order valence-electron chi connectivity index (χ2n) is 4.25. The van der Waals surface area contributed by atoms with E-state index >= 15 is 0 Å². The lowest BCUT2D eigenvalue weighted by atomic mass is 10.1. The van der Waals surface area contributed by atoms with Gasteiger partial charge >= 0.3 is 0 Å². The minimum atomic E-state index is -0.212. The highest BCUT2D eigenvalue weighted by molar-refractivity contribution is 9.10. The zero-order valence-corrected chi connectivity index (χ0v) is 10.8. The standard InChI is InChI=1S/C12H15BrFNO/c1-8-5-15-6-12(16-7-8)10-3-2-9(13)4-11(10)14/h2-4,8,12,15H,5-7H2,1H3. The van der Waals surface area contributed by atoms with Crippen molar-refractivity contribution in [2.75, 3.05) is 19.7 Å². The van der Waals surface area contributed by atoms with Crippen LogP contribution in [0.5, 0.6) is 0 Å². The summed E-state index contributed by atoms with van der Waals surface area (Å²) in [6.07, 6.45) is -0.182. The Hall–Kier alpha value is -0.450. The van der Waals surface area contributed by atoms with E-state index in [1.165, 1.54) is 6.07 Å². The molecule has 0 amide bonds. The molecule has 0 radical (unpaired) electrons. The van der Waals surface area contributed by atoms with Gasteiger partial charge in [0, 0.05) is 23.1 Å². The van der Waals surface area contributed by atoms with Crippen molar-refractivity contribution in [3.05, 3.63) is 34.1 Å². The van der Waals surface area contributed by atoms with Gasteiger partial charge < -0.3 is 10.1 Å². The van der Waals surface area contributed by atoms with E-state index in [-0.39, 0.29) is 11.9 Å². The number of ether oxygens (including phenoxy) is 1. The van der Waals surface area contributed by atoms with Crippen molar-refractivity contribution in [3.63, 3.8) is 0 Å². The summed E-state index contributed by atoms with van der Waals surface area (Å²) >= 11 is 3.25. The van der Waals surface area contributed by atoms with E-state index in [1.54, 1.807) is 6.07 Å². The molecule has 2 atom stereocenters. The number of hydrogen-bond donors (Lipinski definition) is 1. The van der Waals surface area contributed by atoms with Crippen LogP contribution in [0.2, 0.25) is 0 Å². The molecule has 1 fully saturated rings. The summed E-state index contributed by atoms with van der Waals surface area (Å²) in [5, 5.41) is 3.28. The minimum absolute atomic E-state index is 0.182. The monoisotopic (exact) mass is 287 g/mol. The molecule has 1 N–H and O–H groups in total.